The second kappa shape index (κ2) is 16.1. The molecule has 1 aromatic rings. The van der Waals surface area contributed by atoms with Gasteiger partial charge < -0.3 is 25.2 Å². The third-order valence-electron chi connectivity index (χ3n) is 6.35. The molecular weight excluding hydrogens is 436 g/mol. The van der Waals surface area contributed by atoms with Gasteiger partial charge in [0, 0.05) is 18.5 Å². The van der Waals surface area contributed by atoms with Gasteiger partial charge in [-0.3, -0.25) is 4.79 Å². The summed E-state index contributed by atoms with van der Waals surface area (Å²) in [7, 11) is 1.21. The third kappa shape index (κ3) is 11.5. The molecule has 3 rings (SSSR count). The Hall–Kier alpha value is -2.61. The number of carbonyl (C=O) groups is 3. The molecule has 1 aromatic carbocycles. The number of hydrogen-bond donors (Lipinski definition) is 3. The maximum Gasteiger partial charge on any atom is 0.408 e. The van der Waals surface area contributed by atoms with Crippen molar-refractivity contribution < 1.29 is 29.0 Å². The van der Waals surface area contributed by atoms with Crippen LogP contribution < -0.4 is 10.6 Å². The van der Waals surface area contributed by atoms with E-state index in [9.17, 15) is 14.4 Å². The van der Waals surface area contributed by atoms with Crippen LogP contribution in [0.3, 0.4) is 0 Å². The highest BCUT2D eigenvalue weighted by Gasteiger charge is 2.22. The number of methoxy groups -OCH3 is 1. The van der Waals surface area contributed by atoms with Gasteiger partial charge in [-0.15, -0.1) is 0 Å². The average Bonchev–Trinajstić information content (AvgIpc) is 2.87. The van der Waals surface area contributed by atoms with Crippen molar-refractivity contribution in [1.82, 2.24) is 10.6 Å². The van der Waals surface area contributed by atoms with Crippen LogP contribution in [0.25, 0.3) is 0 Å². The number of aliphatic carboxylic acids is 1. The van der Waals surface area contributed by atoms with Gasteiger partial charge in [0.05, 0.1) is 7.11 Å². The molecule has 0 aliphatic heterocycles. The van der Waals surface area contributed by atoms with Crippen LogP contribution >= 0.6 is 0 Å². The second-order valence-corrected chi connectivity index (χ2v) is 9.05. The standard InChI is InChI=1S/C14H17NO6.C12H23N/c1-20-12(16)8-7-11(13(17)18)15-14(19)21-9-10-5-3-2-4-6-10;1-3-7-11(8-4-1)13-12-9-5-2-6-10-12/h2-6,11H,7-9H2,1H3,(H,15,19)(H,17,18);11-13H,1-10H2/t11-;/m1./s1. The van der Waals surface area contributed by atoms with Crippen molar-refractivity contribution >= 4 is 18.0 Å². The summed E-state index contributed by atoms with van der Waals surface area (Å²) in [5.41, 5.74) is 0.786. The van der Waals surface area contributed by atoms with E-state index in [0.29, 0.717) is 0 Å². The molecule has 2 fully saturated rings. The molecule has 8 heteroatoms. The van der Waals surface area contributed by atoms with E-state index >= 15 is 0 Å². The Bertz CT molecular complexity index is 714. The van der Waals surface area contributed by atoms with E-state index in [4.69, 9.17) is 9.84 Å². The predicted octanol–water partition coefficient (Wildman–Crippen LogP) is 4.56. The van der Waals surface area contributed by atoms with Crippen LogP contribution in [-0.4, -0.2) is 48.4 Å². The number of carboxylic acids is 1. The maximum absolute atomic E-state index is 11.5. The number of nitrogens with one attached hydrogen (secondary N) is 2. The lowest BCUT2D eigenvalue weighted by Crippen LogP contribution is -2.41. The van der Waals surface area contributed by atoms with Crippen molar-refractivity contribution in [2.75, 3.05) is 7.11 Å². The van der Waals surface area contributed by atoms with Gasteiger partial charge in [0.15, 0.2) is 0 Å². The minimum absolute atomic E-state index is 0.0377. The number of amides is 1. The van der Waals surface area contributed by atoms with Crippen LogP contribution in [0.15, 0.2) is 30.3 Å². The van der Waals surface area contributed by atoms with E-state index in [0.717, 1.165) is 17.6 Å². The molecule has 3 N–H and O–H groups in total. The van der Waals surface area contributed by atoms with E-state index in [2.05, 4.69) is 15.4 Å². The number of esters is 1. The summed E-state index contributed by atoms with van der Waals surface area (Å²) in [6.45, 7) is 0.0377. The Morgan fingerprint density at radius 2 is 1.50 bits per heavy atom. The number of alkyl carbamates (subject to hydrolysis) is 1. The van der Waals surface area contributed by atoms with Crippen LogP contribution in [0.4, 0.5) is 4.79 Å². The zero-order valence-corrected chi connectivity index (χ0v) is 20.3. The zero-order valence-electron chi connectivity index (χ0n) is 20.3. The highest BCUT2D eigenvalue weighted by molar-refractivity contribution is 5.80. The quantitative estimate of drug-likeness (QED) is 0.448. The van der Waals surface area contributed by atoms with Crippen LogP contribution in [0.2, 0.25) is 0 Å². The van der Waals surface area contributed by atoms with E-state index in [1.165, 1.54) is 71.3 Å². The maximum atomic E-state index is 11.5. The molecule has 0 spiro atoms. The van der Waals surface area contributed by atoms with Crippen LogP contribution in [0, 0.1) is 0 Å². The van der Waals surface area contributed by atoms with Crippen LogP contribution in [-0.2, 0) is 25.7 Å². The molecule has 0 radical (unpaired) electrons. The molecule has 0 saturated heterocycles. The van der Waals surface area contributed by atoms with E-state index < -0.39 is 24.1 Å². The lowest BCUT2D eigenvalue weighted by Gasteiger charge is -2.30. The van der Waals surface area contributed by atoms with Gasteiger partial charge in [0.1, 0.15) is 12.6 Å². The number of benzene rings is 1. The van der Waals surface area contributed by atoms with Crippen molar-refractivity contribution in [3.63, 3.8) is 0 Å². The summed E-state index contributed by atoms with van der Waals surface area (Å²) in [6, 6.07) is 9.52. The summed E-state index contributed by atoms with van der Waals surface area (Å²) in [5, 5.41) is 15.0. The molecule has 2 aliphatic carbocycles. The van der Waals surface area contributed by atoms with Gasteiger partial charge >= 0.3 is 18.0 Å². The van der Waals surface area contributed by atoms with Gasteiger partial charge in [-0.25, -0.2) is 9.59 Å². The summed E-state index contributed by atoms with van der Waals surface area (Å²) < 4.78 is 9.33. The lowest BCUT2D eigenvalue weighted by molar-refractivity contribution is -0.142. The Balaban J connectivity index is 0.000000266. The minimum atomic E-state index is -1.24. The van der Waals surface area contributed by atoms with E-state index in [1.807, 2.05) is 6.07 Å². The van der Waals surface area contributed by atoms with Crippen molar-refractivity contribution in [2.24, 2.45) is 0 Å². The fourth-order valence-corrected chi connectivity index (χ4v) is 4.40. The molecule has 0 aromatic heterocycles. The average molecular weight is 477 g/mol. The molecule has 0 heterocycles. The fraction of sp³-hybridized carbons (Fsp3) is 0.654. The summed E-state index contributed by atoms with van der Waals surface area (Å²) in [6.07, 6.45) is 13.5. The van der Waals surface area contributed by atoms with Crippen molar-refractivity contribution in [1.29, 1.82) is 0 Å². The molecule has 2 saturated carbocycles. The smallest absolute Gasteiger partial charge is 0.408 e. The molecule has 2 aliphatic rings. The van der Waals surface area contributed by atoms with E-state index in [1.54, 1.807) is 24.3 Å². The second-order valence-electron chi connectivity index (χ2n) is 9.05. The summed E-state index contributed by atoms with van der Waals surface area (Å²) >= 11 is 0. The number of carbonyl (C=O) groups excluding carboxylic acids is 2. The van der Waals surface area contributed by atoms with Gasteiger partial charge in [0.25, 0.3) is 0 Å². The molecule has 190 valence electrons. The number of rotatable bonds is 9. The number of ether oxygens (including phenoxy) is 2. The highest BCUT2D eigenvalue weighted by Crippen LogP contribution is 2.22. The highest BCUT2D eigenvalue weighted by atomic mass is 16.5. The molecule has 1 amide bonds. The van der Waals surface area contributed by atoms with Crippen LogP contribution in [0.1, 0.15) is 82.6 Å². The van der Waals surface area contributed by atoms with Gasteiger partial charge in [0.2, 0.25) is 0 Å². The first kappa shape index (κ1) is 27.6. The number of hydrogen-bond acceptors (Lipinski definition) is 6. The van der Waals surface area contributed by atoms with E-state index in [-0.39, 0.29) is 19.4 Å². The zero-order chi connectivity index (χ0) is 24.6. The predicted molar refractivity (Wildman–Crippen MR) is 129 cm³/mol. The van der Waals surface area contributed by atoms with Crippen LogP contribution in [0.5, 0.6) is 0 Å². The first-order valence-electron chi connectivity index (χ1n) is 12.5. The lowest BCUT2D eigenvalue weighted by atomic mass is 9.91. The monoisotopic (exact) mass is 476 g/mol. The Morgan fingerprint density at radius 1 is 0.941 bits per heavy atom. The Labute approximate surface area is 202 Å². The Morgan fingerprint density at radius 3 is 2.00 bits per heavy atom. The molecule has 8 nitrogen and oxygen atoms in total. The van der Waals surface area contributed by atoms with Crippen molar-refractivity contribution in [3.05, 3.63) is 35.9 Å². The minimum Gasteiger partial charge on any atom is -0.480 e. The first-order chi connectivity index (χ1) is 16.5. The molecular formula is C26H40N2O6. The first-order valence-corrected chi connectivity index (χ1v) is 12.5. The molecule has 34 heavy (non-hydrogen) atoms. The molecule has 0 bridgehead atoms. The van der Waals surface area contributed by atoms with Gasteiger partial charge in [-0.1, -0.05) is 68.9 Å². The molecule has 0 unspecified atom stereocenters. The SMILES string of the molecule is C1CCC(NC2CCCCC2)CC1.COC(=O)CC[C@@H](NC(=O)OCc1ccccc1)C(=O)O. The number of carboxylic acid groups (broad SMARTS) is 1. The van der Waals surface area contributed by atoms with Crippen molar-refractivity contribution in [2.45, 2.75) is 102 Å². The van der Waals surface area contributed by atoms with Gasteiger partial charge in [-0.05, 0) is 37.7 Å². The van der Waals surface area contributed by atoms with Gasteiger partial charge in [-0.2, -0.15) is 0 Å². The molecule has 1 atom stereocenters. The largest absolute Gasteiger partial charge is 0.480 e. The fourth-order valence-electron chi connectivity index (χ4n) is 4.40. The Kier molecular flexibility index (Phi) is 13.1. The summed E-state index contributed by atoms with van der Waals surface area (Å²) in [5.74, 6) is -1.78. The van der Waals surface area contributed by atoms with Crippen molar-refractivity contribution in [3.8, 4) is 0 Å². The summed E-state index contributed by atoms with van der Waals surface area (Å²) in [4.78, 5) is 33.5. The third-order valence-corrected chi connectivity index (χ3v) is 6.35. The normalized spacial score (nSPS) is 17.6. The topological polar surface area (TPSA) is 114 Å².